The van der Waals surface area contributed by atoms with Crippen molar-refractivity contribution in [2.45, 2.75) is 26.4 Å². The third-order valence-corrected chi connectivity index (χ3v) is 4.43. The molecule has 0 fully saturated rings. The van der Waals surface area contributed by atoms with Crippen molar-refractivity contribution in [1.29, 1.82) is 0 Å². The molecule has 6 nitrogen and oxygen atoms in total. The van der Waals surface area contributed by atoms with E-state index in [4.69, 9.17) is 4.74 Å². The number of hydrogen-bond donors (Lipinski definition) is 1. The summed E-state index contributed by atoms with van der Waals surface area (Å²) in [5.41, 5.74) is 2.32. The van der Waals surface area contributed by atoms with Crippen molar-refractivity contribution in [3.8, 4) is 5.75 Å². The molecule has 0 radical (unpaired) electrons. The lowest BCUT2D eigenvalue weighted by Gasteiger charge is -2.16. The first-order valence-corrected chi connectivity index (χ1v) is 9.78. The molecule has 0 aliphatic heterocycles. The predicted octanol–water partition coefficient (Wildman–Crippen LogP) is 4.67. The lowest BCUT2D eigenvalue weighted by atomic mass is 10.2. The van der Waals surface area contributed by atoms with E-state index >= 15 is 0 Å². The van der Waals surface area contributed by atoms with Gasteiger partial charge in [0.25, 0.3) is 5.91 Å². The molecule has 0 spiro atoms. The number of ether oxygens (including phenoxy) is 1. The molecule has 29 heavy (non-hydrogen) atoms. The molecule has 150 valence electrons. The maximum atomic E-state index is 12.5. The average molecular weight is 390 g/mol. The van der Waals surface area contributed by atoms with Crippen LogP contribution in [0.2, 0.25) is 0 Å². The van der Waals surface area contributed by atoms with Crippen molar-refractivity contribution < 1.29 is 9.53 Å². The van der Waals surface area contributed by atoms with Crippen molar-refractivity contribution in [3.05, 3.63) is 78.1 Å². The first kappa shape index (κ1) is 20.3. The largest absolute Gasteiger partial charge is 0.489 e. The highest BCUT2D eigenvalue weighted by atomic mass is 16.5. The van der Waals surface area contributed by atoms with Gasteiger partial charge in [-0.2, -0.15) is 0 Å². The van der Waals surface area contributed by atoms with Gasteiger partial charge in [-0.3, -0.25) is 4.79 Å². The maximum Gasteiger partial charge on any atom is 0.272 e. The van der Waals surface area contributed by atoms with Crippen LogP contribution in [0.5, 0.6) is 5.75 Å². The SMILES string of the molecule is CCCCN(C)C(=O)c1ccnc(Nc2ccc(OCc3ccccc3)cc2)n1. The van der Waals surface area contributed by atoms with Gasteiger partial charge in [0.05, 0.1) is 0 Å². The normalized spacial score (nSPS) is 10.4. The summed E-state index contributed by atoms with van der Waals surface area (Å²) < 4.78 is 5.80. The van der Waals surface area contributed by atoms with Crippen LogP contribution < -0.4 is 10.1 Å². The van der Waals surface area contributed by atoms with Crippen LogP contribution in [0.4, 0.5) is 11.6 Å². The molecule has 0 aliphatic carbocycles. The van der Waals surface area contributed by atoms with E-state index in [0.717, 1.165) is 29.8 Å². The fourth-order valence-electron chi connectivity index (χ4n) is 2.73. The molecule has 0 atom stereocenters. The van der Waals surface area contributed by atoms with Crippen molar-refractivity contribution in [2.75, 3.05) is 18.9 Å². The second-order valence-corrected chi connectivity index (χ2v) is 6.77. The van der Waals surface area contributed by atoms with E-state index in [9.17, 15) is 4.79 Å². The van der Waals surface area contributed by atoms with Crippen LogP contribution in [0.1, 0.15) is 35.8 Å². The summed E-state index contributed by atoms with van der Waals surface area (Å²) in [5, 5.41) is 3.13. The number of amides is 1. The standard InChI is InChI=1S/C23H26N4O2/c1-3-4-16-27(2)22(28)21-14-15-24-23(26-21)25-19-10-12-20(13-11-19)29-17-18-8-6-5-7-9-18/h5-15H,3-4,16-17H2,1-2H3,(H,24,25,26). The highest BCUT2D eigenvalue weighted by molar-refractivity contribution is 5.92. The Morgan fingerprint density at radius 2 is 1.83 bits per heavy atom. The Hall–Kier alpha value is -3.41. The van der Waals surface area contributed by atoms with Crippen LogP contribution in [-0.4, -0.2) is 34.4 Å². The van der Waals surface area contributed by atoms with Crippen molar-refractivity contribution in [2.24, 2.45) is 0 Å². The van der Waals surface area contributed by atoms with Crippen molar-refractivity contribution in [3.63, 3.8) is 0 Å². The summed E-state index contributed by atoms with van der Waals surface area (Å²) in [5.74, 6) is 1.06. The van der Waals surface area contributed by atoms with Crippen molar-refractivity contribution >= 4 is 17.5 Å². The number of anilines is 2. The summed E-state index contributed by atoms with van der Waals surface area (Å²) in [6, 6.07) is 19.2. The molecular weight excluding hydrogens is 364 g/mol. The fourth-order valence-corrected chi connectivity index (χ4v) is 2.73. The number of nitrogens with one attached hydrogen (secondary N) is 1. The Morgan fingerprint density at radius 3 is 2.55 bits per heavy atom. The second-order valence-electron chi connectivity index (χ2n) is 6.77. The molecule has 0 saturated heterocycles. The molecule has 6 heteroatoms. The predicted molar refractivity (Wildman–Crippen MR) is 114 cm³/mol. The zero-order valence-corrected chi connectivity index (χ0v) is 16.8. The smallest absolute Gasteiger partial charge is 0.272 e. The van der Waals surface area contributed by atoms with E-state index in [1.165, 1.54) is 0 Å². The molecule has 1 aromatic heterocycles. The van der Waals surface area contributed by atoms with Gasteiger partial charge in [0.1, 0.15) is 18.1 Å². The van der Waals surface area contributed by atoms with Crippen LogP contribution >= 0.6 is 0 Å². The summed E-state index contributed by atoms with van der Waals surface area (Å²) in [4.78, 5) is 22.7. The fraction of sp³-hybridized carbons (Fsp3) is 0.261. The molecule has 3 aromatic rings. The monoisotopic (exact) mass is 390 g/mol. The van der Waals surface area contributed by atoms with E-state index in [2.05, 4.69) is 22.2 Å². The van der Waals surface area contributed by atoms with Gasteiger partial charge in [0.2, 0.25) is 5.95 Å². The van der Waals surface area contributed by atoms with Gasteiger partial charge in [0, 0.05) is 25.5 Å². The van der Waals surface area contributed by atoms with Gasteiger partial charge in [0.15, 0.2) is 0 Å². The lowest BCUT2D eigenvalue weighted by molar-refractivity contribution is 0.0787. The lowest BCUT2D eigenvalue weighted by Crippen LogP contribution is -2.28. The van der Waals surface area contributed by atoms with Crippen LogP contribution in [0.3, 0.4) is 0 Å². The molecule has 0 saturated carbocycles. The Labute approximate surface area is 171 Å². The van der Waals surface area contributed by atoms with Crippen molar-refractivity contribution in [1.82, 2.24) is 14.9 Å². The number of rotatable bonds is 9. The Balaban J connectivity index is 1.59. The number of aromatic nitrogens is 2. The van der Waals surface area contributed by atoms with Crippen LogP contribution in [0.25, 0.3) is 0 Å². The van der Waals surface area contributed by atoms with Gasteiger partial charge in [-0.15, -0.1) is 0 Å². The number of unbranched alkanes of at least 4 members (excludes halogenated alkanes) is 1. The number of benzene rings is 2. The molecule has 0 unspecified atom stereocenters. The number of hydrogen-bond acceptors (Lipinski definition) is 5. The third kappa shape index (κ3) is 6.04. The topological polar surface area (TPSA) is 67.4 Å². The zero-order valence-electron chi connectivity index (χ0n) is 16.8. The van der Waals surface area contributed by atoms with Gasteiger partial charge < -0.3 is 15.0 Å². The Morgan fingerprint density at radius 1 is 1.07 bits per heavy atom. The Kier molecular flexibility index (Phi) is 7.16. The van der Waals surface area contributed by atoms with Gasteiger partial charge in [-0.1, -0.05) is 43.7 Å². The van der Waals surface area contributed by atoms with Gasteiger partial charge >= 0.3 is 0 Å². The molecule has 0 aliphatic rings. The van der Waals surface area contributed by atoms with E-state index in [1.807, 2.05) is 54.6 Å². The highest BCUT2D eigenvalue weighted by Crippen LogP contribution is 2.19. The molecule has 1 N–H and O–H groups in total. The van der Waals surface area contributed by atoms with E-state index in [0.29, 0.717) is 24.8 Å². The Bertz CT molecular complexity index is 914. The molecule has 3 rings (SSSR count). The quantitative estimate of drug-likeness (QED) is 0.575. The molecule has 2 aromatic carbocycles. The van der Waals surface area contributed by atoms with Crippen LogP contribution in [-0.2, 0) is 6.61 Å². The summed E-state index contributed by atoms with van der Waals surface area (Å²) in [7, 11) is 1.79. The minimum atomic E-state index is -0.103. The molecule has 1 heterocycles. The number of nitrogens with zero attached hydrogens (tertiary/aromatic N) is 3. The third-order valence-electron chi connectivity index (χ3n) is 4.43. The zero-order chi connectivity index (χ0) is 20.5. The first-order valence-electron chi connectivity index (χ1n) is 9.78. The first-order chi connectivity index (χ1) is 14.2. The average Bonchev–Trinajstić information content (AvgIpc) is 2.77. The summed E-state index contributed by atoms with van der Waals surface area (Å²) >= 11 is 0. The van der Waals surface area contributed by atoms with E-state index < -0.39 is 0 Å². The molecular formula is C23H26N4O2. The maximum absolute atomic E-state index is 12.5. The van der Waals surface area contributed by atoms with E-state index in [-0.39, 0.29) is 5.91 Å². The second kappa shape index (κ2) is 10.2. The van der Waals surface area contributed by atoms with Gasteiger partial charge in [-0.05, 0) is 42.3 Å². The molecule has 0 bridgehead atoms. The number of carbonyl (C=O) groups is 1. The van der Waals surface area contributed by atoms with Gasteiger partial charge in [-0.25, -0.2) is 9.97 Å². The van der Waals surface area contributed by atoms with Crippen LogP contribution in [0.15, 0.2) is 66.9 Å². The molecule has 1 amide bonds. The summed E-state index contributed by atoms with van der Waals surface area (Å²) in [6.07, 6.45) is 3.60. The minimum Gasteiger partial charge on any atom is -0.489 e. The van der Waals surface area contributed by atoms with E-state index in [1.54, 1.807) is 24.2 Å². The highest BCUT2D eigenvalue weighted by Gasteiger charge is 2.13. The van der Waals surface area contributed by atoms with Crippen LogP contribution in [0, 0.1) is 0 Å². The minimum absolute atomic E-state index is 0.103. The number of carbonyl (C=O) groups excluding carboxylic acids is 1. The summed E-state index contributed by atoms with van der Waals surface area (Å²) in [6.45, 7) is 3.34.